The fraction of sp³-hybridized carbons (Fsp3) is 0.571. The zero-order chi connectivity index (χ0) is 12.3. The number of aryl methyl sites for hydroxylation is 1. The number of rotatable bonds is 2. The van der Waals surface area contributed by atoms with Crippen molar-refractivity contribution in [3.05, 3.63) is 28.2 Å². The highest BCUT2D eigenvalue weighted by molar-refractivity contribution is 9.10. The van der Waals surface area contributed by atoms with Gasteiger partial charge in [0.15, 0.2) is 0 Å². The summed E-state index contributed by atoms with van der Waals surface area (Å²) in [6.45, 7) is 4.56. The van der Waals surface area contributed by atoms with E-state index in [2.05, 4.69) is 58.3 Å². The summed E-state index contributed by atoms with van der Waals surface area (Å²) >= 11 is 3.62. The summed E-state index contributed by atoms with van der Waals surface area (Å²) in [5.74, 6) is 0. The topological polar surface area (TPSA) is 15.3 Å². The zero-order valence-electron chi connectivity index (χ0n) is 10.7. The Labute approximate surface area is 113 Å². The number of likely N-dealkylation sites (tertiary alicyclic amines) is 1. The molecule has 1 N–H and O–H groups in total. The van der Waals surface area contributed by atoms with Crippen molar-refractivity contribution in [2.75, 3.05) is 25.5 Å². The molecule has 0 aliphatic carbocycles. The smallest absolute Gasteiger partial charge is 0.0489 e. The first-order chi connectivity index (χ1) is 8.15. The van der Waals surface area contributed by atoms with Gasteiger partial charge in [0.1, 0.15) is 0 Å². The van der Waals surface area contributed by atoms with Gasteiger partial charge in [0.25, 0.3) is 0 Å². The van der Waals surface area contributed by atoms with Gasteiger partial charge in [-0.2, -0.15) is 0 Å². The Kier molecular flexibility index (Phi) is 4.46. The summed E-state index contributed by atoms with van der Waals surface area (Å²) in [5.41, 5.74) is 2.54. The molecule has 0 radical (unpaired) electrons. The van der Waals surface area contributed by atoms with Gasteiger partial charge in [0.2, 0.25) is 0 Å². The van der Waals surface area contributed by atoms with Gasteiger partial charge in [-0.1, -0.05) is 6.07 Å². The second-order valence-electron chi connectivity index (χ2n) is 5.06. The first kappa shape index (κ1) is 12.9. The van der Waals surface area contributed by atoms with Crippen molar-refractivity contribution < 1.29 is 0 Å². The molecule has 94 valence electrons. The van der Waals surface area contributed by atoms with E-state index in [4.69, 9.17) is 0 Å². The Balaban J connectivity index is 2.02. The molecule has 1 aliphatic rings. The molecule has 0 spiro atoms. The molecule has 1 unspecified atom stereocenters. The van der Waals surface area contributed by atoms with Crippen LogP contribution in [0.1, 0.15) is 24.8 Å². The van der Waals surface area contributed by atoms with Gasteiger partial charge in [0, 0.05) is 16.2 Å². The summed E-state index contributed by atoms with van der Waals surface area (Å²) in [7, 11) is 2.21. The summed E-state index contributed by atoms with van der Waals surface area (Å²) in [6.07, 6.45) is 3.79. The second-order valence-corrected chi connectivity index (χ2v) is 5.91. The summed E-state index contributed by atoms with van der Waals surface area (Å²) in [4.78, 5) is 2.42. The van der Waals surface area contributed by atoms with E-state index in [1.807, 2.05) is 0 Å². The third kappa shape index (κ3) is 3.71. The van der Waals surface area contributed by atoms with Crippen LogP contribution < -0.4 is 5.32 Å². The monoisotopic (exact) mass is 296 g/mol. The quantitative estimate of drug-likeness (QED) is 0.896. The average Bonchev–Trinajstić information content (AvgIpc) is 2.49. The van der Waals surface area contributed by atoms with Crippen LogP contribution in [0.3, 0.4) is 0 Å². The van der Waals surface area contributed by atoms with Gasteiger partial charge in [-0.05, 0) is 79.9 Å². The van der Waals surface area contributed by atoms with Crippen LogP contribution in [-0.2, 0) is 0 Å². The molecule has 2 nitrogen and oxygen atoms in total. The molecule has 1 fully saturated rings. The summed E-state index contributed by atoms with van der Waals surface area (Å²) in [6, 6.07) is 7.09. The first-order valence-corrected chi connectivity index (χ1v) is 7.15. The Morgan fingerprint density at radius 1 is 1.29 bits per heavy atom. The number of hydrogen-bond donors (Lipinski definition) is 1. The van der Waals surface area contributed by atoms with Crippen LogP contribution in [0.5, 0.6) is 0 Å². The fourth-order valence-electron chi connectivity index (χ4n) is 2.35. The zero-order valence-corrected chi connectivity index (χ0v) is 12.3. The summed E-state index contributed by atoms with van der Waals surface area (Å²) in [5, 5.41) is 3.68. The van der Waals surface area contributed by atoms with Crippen molar-refractivity contribution in [3.63, 3.8) is 0 Å². The van der Waals surface area contributed by atoms with Crippen molar-refractivity contribution in [1.29, 1.82) is 0 Å². The van der Waals surface area contributed by atoms with Crippen LogP contribution in [0.25, 0.3) is 0 Å². The van der Waals surface area contributed by atoms with Crippen LogP contribution in [0.4, 0.5) is 5.69 Å². The molecule has 0 bridgehead atoms. The first-order valence-electron chi connectivity index (χ1n) is 6.36. The fourth-order valence-corrected chi connectivity index (χ4v) is 2.72. The van der Waals surface area contributed by atoms with Crippen molar-refractivity contribution in [3.8, 4) is 0 Å². The standard InChI is InChI=1S/C14H21BrN2/c1-11-5-6-13(15)14(10-11)16-12-4-3-8-17(2)9-7-12/h5-6,10,12,16H,3-4,7-9H2,1-2H3. The molecule has 17 heavy (non-hydrogen) atoms. The number of anilines is 1. The molecule has 1 atom stereocenters. The third-order valence-electron chi connectivity index (χ3n) is 3.43. The van der Waals surface area contributed by atoms with E-state index >= 15 is 0 Å². The van der Waals surface area contributed by atoms with E-state index in [0.717, 1.165) is 0 Å². The van der Waals surface area contributed by atoms with Crippen LogP contribution >= 0.6 is 15.9 Å². The average molecular weight is 297 g/mol. The number of benzene rings is 1. The lowest BCUT2D eigenvalue weighted by molar-refractivity contribution is 0.348. The van der Waals surface area contributed by atoms with Gasteiger partial charge in [-0.3, -0.25) is 0 Å². The van der Waals surface area contributed by atoms with Gasteiger partial charge in [0.05, 0.1) is 0 Å². The second kappa shape index (κ2) is 5.87. The van der Waals surface area contributed by atoms with E-state index in [9.17, 15) is 0 Å². The number of hydrogen-bond acceptors (Lipinski definition) is 2. The molecule has 1 heterocycles. The SMILES string of the molecule is Cc1ccc(Br)c(NC2CCCN(C)CC2)c1. The minimum absolute atomic E-state index is 0.609. The molecule has 2 rings (SSSR count). The maximum atomic E-state index is 3.68. The predicted molar refractivity (Wildman–Crippen MR) is 77.6 cm³/mol. The highest BCUT2D eigenvalue weighted by Gasteiger charge is 2.15. The number of halogens is 1. The maximum Gasteiger partial charge on any atom is 0.0489 e. The lowest BCUT2D eigenvalue weighted by atomic mass is 10.1. The highest BCUT2D eigenvalue weighted by atomic mass is 79.9. The summed E-state index contributed by atoms with van der Waals surface area (Å²) < 4.78 is 1.17. The van der Waals surface area contributed by atoms with Crippen LogP contribution in [0.2, 0.25) is 0 Å². The molecular formula is C14H21BrN2. The van der Waals surface area contributed by atoms with E-state index in [0.29, 0.717) is 6.04 Å². The highest BCUT2D eigenvalue weighted by Crippen LogP contribution is 2.25. The van der Waals surface area contributed by atoms with Gasteiger partial charge >= 0.3 is 0 Å². The maximum absolute atomic E-state index is 3.68. The molecule has 0 amide bonds. The van der Waals surface area contributed by atoms with E-state index in [1.165, 1.54) is 48.1 Å². The Hall–Kier alpha value is -0.540. The van der Waals surface area contributed by atoms with E-state index < -0.39 is 0 Å². The molecule has 1 aromatic rings. The minimum atomic E-state index is 0.609. The molecule has 0 aromatic heterocycles. The van der Waals surface area contributed by atoms with Crippen LogP contribution in [0.15, 0.2) is 22.7 Å². The van der Waals surface area contributed by atoms with Crippen molar-refractivity contribution >= 4 is 21.6 Å². The third-order valence-corrected chi connectivity index (χ3v) is 4.12. The van der Waals surface area contributed by atoms with E-state index in [-0.39, 0.29) is 0 Å². The Morgan fingerprint density at radius 3 is 2.94 bits per heavy atom. The van der Waals surface area contributed by atoms with Gasteiger partial charge in [-0.25, -0.2) is 0 Å². The Bertz CT molecular complexity index is 378. The van der Waals surface area contributed by atoms with Crippen molar-refractivity contribution in [2.45, 2.75) is 32.2 Å². The molecule has 1 aromatic carbocycles. The molecule has 3 heteroatoms. The minimum Gasteiger partial charge on any atom is -0.381 e. The largest absolute Gasteiger partial charge is 0.381 e. The molecule has 1 aliphatic heterocycles. The predicted octanol–water partition coefficient (Wildman–Crippen LogP) is 3.65. The van der Waals surface area contributed by atoms with E-state index in [1.54, 1.807) is 0 Å². The molecule has 0 saturated carbocycles. The van der Waals surface area contributed by atoms with Crippen molar-refractivity contribution in [1.82, 2.24) is 4.90 Å². The van der Waals surface area contributed by atoms with Crippen molar-refractivity contribution in [2.24, 2.45) is 0 Å². The molecular weight excluding hydrogens is 276 g/mol. The lowest BCUT2D eigenvalue weighted by Gasteiger charge is -2.19. The normalized spacial score (nSPS) is 22.2. The van der Waals surface area contributed by atoms with Gasteiger partial charge in [-0.15, -0.1) is 0 Å². The van der Waals surface area contributed by atoms with Crippen LogP contribution in [0, 0.1) is 6.92 Å². The lowest BCUT2D eigenvalue weighted by Crippen LogP contribution is -2.23. The Morgan fingerprint density at radius 2 is 2.12 bits per heavy atom. The number of nitrogens with zero attached hydrogens (tertiary/aromatic N) is 1. The number of nitrogens with one attached hydrogen (secondary N) is 1. The molecule has 1 saturated heterocycles. The van der Waals surface area contributed by atoms with Crippen LogP contribution in [-0.4, -0.2) is 31.1 Å². The van der Waals surface area contributed by atoms with Gasteiger partial charge < -0.3 is 10.2 Å².